The molecule has 2 N–H and O–H groups in total. The number of hydrogen-bond donors (Lipinski definition) is 1. The van der Waals surface area contributed by atoms with Crippen LogP contribution >= 0.6 is 0 Å². The summed E-state index contributed by atoms with van der Waals surface area (Å²) in [7, 11) is 0. The Bertz CT molecular complexity index is 1230. The van der Waals surface area contributed by atoms with Crippen LogP contribution in [-0.4, -0.2) is 18.7 Å². The average molecular weight is 392 g/mol. The van der Waals surface area contributed by atoms with Crippen molar-refractivity contribution in [3.63, 3.8) is 0 Å². The maximum atomic E-state index is 13.2. The molecule has 6 nitrogen and oxygen atoms in total. The molecule has 2 aromatic heterocycles. The van der Waals surface area contributed by atoms with E-state index < -0.39 is 0 Å². The third-order valence-corrected chi connectivity index (χ3v) is 5.47. The van der Waals surface area contributed by atoms with E-state index in [2.05, 4.69) is 18.4 Å². The maximum Gasteiger partial charge on any atom is 0.329 e. The van der Waals surface area contributed by atoms with Gasteiger partial charge in [-0.05, 0) is 56.5 Å². The van der Waals surface area contributed by atoms with Gasteiger partial charge < -0.3 is 10.3 Å². The lowest BCUT2D eigenvalue weighted by Gasteiger charge is -2.12. The Morgan fingerprint density at radius 3 is 2.38 bits per heavy atom. The molecule has 0 unspecified atom stereocenters. The van der Waals surface area contributed by atoms with E-state index in [4.69, 9.17) is 10.7 Å². The summed E-state index contributed by atoms with van der Waals surface area (Å²) in [6, 6.07) is 13.9. The standard InChI is InChI=1S/C23H29N5O/c1-15(2)11-12-26-19-10-9-17(24)13-18(19)25-22(26)14-27-20-7-5-6-8-21(20)28(16(3)4)23(27)29/h5-10,13,15-16H,11-12,14,24H2,1-4H3. The number of anilines is 1. The molecule has 0 saturated heterocycles. The van der Waals surface area contributed by atoms with Crippen molar-refractivity contribution in [2.75, 3.05) is 5.73 Å². The summed E-state index contributed by atoms with van der Waals surface area (Å²) in [6.45, 7) is 9.82. The largest absolute Gasteiger partial charge is 0.399 e. The molecule has 0 bridgehead atoms. The van der Waals surface area contributed by atoms with E-state index in [1.165, 1.54) is 0 Å². The highest BCUT2D eigenvalue weighted by Gasteiger charge is 2.18. The zero-order valence-electron chi connectivity index (χ0n) is 17.6. The first-order chi connectivity index (χ1) is 13.9. The van der Waals surface area contributed by atoms with Crippen LogP contribution in [0.25, 0.3) is 22.1 Å². The molecule has 152 valence electrons. The van der Waals surface area contributed by atoms with Crippen LogP contribution in [0.2, 0.25) is 0 Å². The highest BCUT2D eigenvalue weighted by Crippen LogP contribution is 2.23. The second kappa shape index (κ2) is 7.43. The van der Waals surface area contributed by atoms with E-state index in [0.717, 1.165) is 40.9 Å². The van der Waals surface area contributed by atoms with Crippen LogP contribution < -0.4 is 11.4 Å². The summed E-state index contributed by atoms with van der Waals surface area (Å²) in [5.41, 5.74) is 10.5. The Labute approximate surface area is 170 Å². The summed E-state index contributed by atoms with van der Waals surface area (Å²) in [5.74, 6) is 1.47. The quantitative estimate of drug-likeness (QED) is 0.495. The van der Waals surface area contributed by atoms with E-state index in [-0.39, 0.29) is 11.7 Å². The fourth-order valence-corrected chi connectivity index (χ4v) is 3.98. The maximum absolute atomic E-state index is 13.2. The molecule has 6 heteroatoms. The summed E-state index contributed by atoms with van der Waals surface area (Å²) in [4.78, 5) is 18.1. The molecule has 2 heterocycles. The molecular formula is C23H29N5O. The van der Waals surface area contributed by atoms with Gasteiger partial charge in [0.15, 0.2) is 0 Å². The van der Waals surface area contributed by atoms with Crippen LogP contribution in [0.15, 0.2) is 47.3 Å². The zero-order valence-corrected chi connectivity index (χ0v) is 17.6. The number of benzene rings is 2. The predicted molar refractivity (Wildman–Crippen MR) is 119 cm³/mol. The third kappa shape index (κ3) is 3.43. The number of para-hydroxylation sites is 2. The highest BCUT2D eigenvalue weighted by atomic mass is 16.1. The van der Waals surface area contributed by atoms with Gasteiger partial charge in [-0.15, -0.1) is 0 Å². The van der Waals surface area contributed by atoms with E-state index in [1.54, 1.807) is 0 Å². The predicted octanol–water partition coefficient (Wildman–Crippen LogP) is 4.41. The highest BCUT2D eigenvalue weighted by molar-refractivity contribution is 5.80. The van der Waals surface area contributed by atoms with Crippen LogP contribution in [0.1, 0.15) is 46.0 Å². The minimum Gasteiger partial charge on any atom is -0.399 e. The third-order valence-electron chi connectivity index (χ3n) is 5.47. The fourth-order valence-electron chi connectivity index (χ4n) is 3.98. The number of fused-ring (bicyclic) bond motifs is 2. The molecule has 0 radical (unpaired) electrons. The van der Waals surface area contributed by atoms with Gasteiger partial charge in [-0.1, -0.05) is 26.0 Å². The van der Waals surface area contributed by atoms with E-state index >= 15 is 0 Å². The van der Waals surface area contributed by atoms with Crippen molar-refractivity contribution in [2.24, 2.45) is 5.92 Å². The Morgan fingerprint density at radius 1 is 0.966 bits per heavy atom. The number of imidazole rings is 2. The summed E-state index contributed by atoms with van der Waals surface area (Å²) in [6.07, 6.45) is 1.05. The van der Waals surface area contributed by atoms with Crippen molar-refractivity contribution in [3.8, 4) is 0 Å². The molecule has 0 aliphatic heterocycles. The van der Waals surface area contributed by atoms with E-state index in [0.29, 0.717) is 18.2 Å². The van der Waals surface area contributed by atoms with Gasteiger partial charge in [0.05, 0.1) is 28.6 Å². The number of aromatic nitrogens is 4. The number of rotatable bonds is 6. The minimum atomic E-state index is 0.00294. The average Bonchev–Trinajstić information content (AvgIpc) is 3.14. The molecule has 2 aromatic carbocycles. The lowest BCUT2D eigenvalue weighted by molar-refractivity contribution is 0.504. The smallest absolute Gasteiger partial charge is 0.329 e. The summed E-state index contributed by atoms with van der Waals surface area (Å²) in [5, 5.41) is 0. The molecule has 0 spiro atoms. The fraction of sp³-hybridized carbons (Fsp3) is 0.391. The minimum absolute atomic E-state index is 0.00294. The van der Waals surface area contributed by atoms with Crippen LogP contribution in [0.4, 0.5) is 5.69 Å². The number of hydrogen-bond acceptors (Lipinski definition) is 3. The molecule has 0 fully saturated rings. The number of aryl methyl sites for hydroxylation is 1. The van der Waals surface area contributed by atoms with Crippen molar-refractivity contribution < 1.29 is 0 Å². The second-order valence-electron chi connectivity index (χ2n) is 8.43. The molecule has 4 rings (SSSR count). The van der Waals surface area contributed by atoms with Gasteiger partial charge in [-0.25, -0.2) is 9.78 Å². The van der Waals surface area contributed by atoms with E-state index in [1.807, 2.05) is 65.4 Å². The lowest BCUT2D eigenvalue weighted by Crippen LogP contribution is -2.27. The van der Waals surface area contributed by atoms with Crippen molar-refractivity contribution in [2.45, 2.75) is 53.2 Å². The van der Waals surface area contributed by atoms with E-state index in [9.17, 15) is 4.79 Å². The van der Waals surface area contributed by atoms with Gasteiger partial charge in [0.1, 0.15) is 5.82 Å². The lowest BCUT2D eigenvalue weighted by atomic mass is 10.1. The van der Waals surface area contributed by atoms with Crippen molar-refractivity contribution in [1.82, 2.24) is 18.7 Å². The number of nitrogens with two attached hydrogens (primary N) is 1. The number of nitrogens with zero attached hydrogens (tertiary/aromatic N) is 4. The van der Waals surface area contributed by atoms with Gasteiger partial charge >= 0.3 is 5.69 Å². The first-order valence-corrected chi connectivity index (χ1v) is 10.3. The van der Waals surface area contributed by atoms with Gasteiger partial charge in [0.2, 0.25) is 0 Å². The molecule has 0 amide bonds. The molecule has 4 aromatic rings. The van der Waals surface area contributed by atoms with Crippen LogP contribution in [-0.2, 0) is 13.1 Å². The molecule has 29 heavy (non-hydrogen) atoms. The first kappa shape index (κ1) is 19.3. The molecule has 0 atom stereocenters. The van der Waals surface area contributed by atoms with Gasteiger partial charge in [0.25, 0.3) is 0 Å². The van der Waals surface area contributed by atoms with Crippen LogP contribution in [0.5, 0.6) is 0 Å². The Morgan fingerprint density at radius 2 is 1.69 bits per heavy atom. The Kier molecular flexibility index (Phi) is 4.94. The van der Waals surface area contributed by atoms with Gasteiger partial charge in [0, 0.05) is 18.3 Å². The zero-order chi connectivity index (χ0) is 20.7. The van der Waals surface area contributed by atoms with Crippen molar-refractivity contribution >= 4 is 27.8 Å². The Balaban J connectivity index is 1.87. The summed E-state index contributed by atoms with van der Waals surface area (Å²) < 4.78 is 5.93. The molecule has 0 aliphatic rings. The Hall–Kier alpha value is -3.02. The normalized spacial score (nSPS) is 12.1. The topological polar surface area (TPSA) is 70.8 Å². The number of nitrogen functional groups attached to an aromatic ring is 1. The van der Waals surface area contributed by atoms with Crippen LogP contribution in [0, 0.1) is 5.92 Å². The monoisotopic (exact) mass is 391 g/mol. The molecule has 0 saturated carbocycles. The van der Waals surface area contributed by atoms with Gasteiger partial charge in [-0.2, -0.15) is 0 Å². The molecule has 0 aliphatic carbocycles. The SMILES string of the molecule is CC(C)CCn1c(Cn2c(=O)n(C(C)C)c3ccccc32)nc2cc(N)ccc21. The summed E-state index contributed by atoms with van der Waals surface area (Å²) >= 11 is 0. The molecular weight excluding hydrogens is 362 g/mol. The first-order valence-electron chi connectivity index (χ1n) is 10.3. The van der Waals surface area contributed by atoms with Crippen LogP contribution in [0.3, 0.4) is 0 Å². The van der Waals surface area contributed by atoms with Gasteiger partial charge in [-0.3, -0.25) is 9.13 Å². The van der Waals surface area contributed by atoms with Crippen molar-refractivity contribution in [3.05, 3.63) is 58.8 Å². The van der Waals surface area contributed by atoms with Crippen molar-refractivity contribution in [1.29, 1.82) is 0 Å². The second-order valence-corrected chi connectivity index (χ2v) is 8.43.